The number of alkyl carbamates (subject to hydrolysis) is 1. The number of carbonyl (C=O) groups excluding carboxylic acids is 1. The third-order valence-corrected chi connectivity index (χ3v) is 5.76. The smallest absolute Gasteiger partial charge is 0.407 e. The molecule has 2 aromatic carbocycles. The number of rotatable bonds is 11. The van der Waals surface area contributed by atoms with Crippen molar-refractivity contribution in [3.05, 3.63) is 65.4 Å². The largest absolute Gasteiger partial charge is 0.494 e. The summed E-state index contributed by atoms with van der Waals surface area (Å²) in [4.78, 5) is 28.4. The normalized spacial score (nSPS) is 10.9. The van der Waals surface area contributed by atoms with Crippen LogP contribution in [-0.2, 0) is 24.4 Å². The summed E-state index contributed by atoms with van der Waals surface area (Å²) in [5, 5.41) is 20.1. The van der Waals surface area contributed by atoms with Gasteiger partial charge in [0, 0.05) is 25.7 Å². The van der Waals surface area contributed by atoms with Crippen LogP contribution in [0.5, 0.6) is 5.75 Å². The van der Waals surface area contributed by atoms with Gasteiger partial charge in [-0.15, -0.1) is 0 Å². The molecule has 0 aliphatic carbocycles. The van der Waals surface area contributed by atoms with Crippen molar-refractivity contribution in [2.24, 2.45) is 0 Å². The third-order valence-electron chi connectivity index (χ3n) is 5.76. The molecule has 4 aromatic rings. The van der Waals surface area contributed by atoms with Crippen molar-refractivity contribution >= 4 is 34.9 Å². The molecule has 4 rings (SSSR count). The van der Waals surface area contributed by atoms with E-state index >= 15 is 0 Å². The highest BCUT2D eigenvalue weighted by Gasteiger charge is 2.19. The van der Waals surface area contributed by atoms with E-state index < -0.39 is 12.1 Å². The van der Waals surface area contributed by atoms with Crippen LogP contribution in [0.15, 0.2) is 48.5 Å². The van der Waals surface area contributed by atoms with Crippen molar-refractivity contribution in [2.75, 3.05) is 19.0 Å². The molecule has 37 heavy (non-hydrogen) atoms. The monoisotopic (exact) mass is 506 g/mol. The number of nitrogens with one attached hydrogen (secondary N) is 2. The zero-order valence-electron chi connectivity index (χ0n) is 21.0. The van der Waals surface area contributed by atoms with E-state index in [1.807, 2.05) is 59.5 Å². The highest BCUT2D eigenvalue weighted by molar-refractivity contribution is 5.96. The van der Waals surface area contributed by atoms with Gasteiger partial charge in [-0.2, -0.15) is 5.10 Å². The minimum absolute atomic E-state index is 0.0813. The van der Waals surface area contributed by atoms with Crippen LogP contribution in [0.3, 0.4) is 0 Å². The summed E-state index contributed by atoms with van der Waals surface area (Å²) in [5.74, 6) is 0.599. The Bertz CT molecular complexity index is 1400. The van der Waals surface area contributed by atoms with Crippen LogP contribution < -0.4 is 15.4 Å². The number of fused-ring (bicyclic) bond motifs is 1. The number of benzene rings is 2. The van der Waals surface area contributed by atoms with E-state index in [2.05, 4.69) is 20.7 Å². The lowest BCUT2D eigenvalue weighted by Gasteiger charge is -2.13. The highest BCUT2D eigenvalue weighted by atomic mass is 16.5. The summed E-state index contributed by atoms with van der Waals surface area (Å²) in [6, 6.07) is 14.4. The van der Waals surface area contributed by atoms with Gasteiger partial charge in [0.05, 0.1) is 23.9 Å². The van der Waals surface area contributed by atoms with Crippen LogP contribution in [-0.4, -0.2) is 50.2 Å². The SMILES string of the molecule is CCn1nc(C)cc1Nc1nc2cc(C(=O)O)cc(OC)c2n1CCCNC(=O)OCc1ccccc1. The number of anilines is 2. The molecule has 11 heteroatoms. The Kier molecular flexibility index (Phi) is 7.92. The van der Waals surface area contributed by atoms with Crippen molar-refractivity contribution < 1.29 is 24.2 Å². The molecule has 0 unspecified atom stereocenters. The van der Waals surface area contributed by atoms with E-state index in [9.17, 15) is 14.7 Å². The second-order valence-electron chi connectivity index (χ2n) is 8.39. The summed E-state index contributed by atoms with van der Waals surface area (Å²) < 4.78 is 14.5. The number of carbonyl (C=O) groups is 2. The lowest BCUT2D eigenvalue weighted by molar-refractivity contribution is 0.0696. The van der Waals surface area contributed by atoms with Crippen LogP contribution in [0.2, 0.25) is 0 Å². The Morgan fingerprint density at radius 3 is 2.62 bits per heavy atom. The standard InChI is InChI=1S/C26H30N6O5/c1-4-32-22(13-17(2)30-32)29-25-28-20-14-19(24(33)34)15-21(36-3)23(20)31(25)12-8-11-27-26(35)37-16-18-9-6-5-7-10-18/h5-7,9-10,13-15H,4,8,11-12,16H2,1-3H3,(H,27,35)(H,28,29)(H,33,34). The first kappa shape index (κ1) is 25.5. The van der Waals surface area contributed by atoms with Crippen LogP contribution in [0.1, 0.15) is 35.0 Å². The predicted octanol–water partition coefficient (Wildman–Crippen LogP) is 4.33. The van der Waals surface area contributed by atoms with E-state index in [4.69, 9.17) is 9.47 Å². The van der Waals surface area contributed by atoms with Crippen molar-refractivity contribution in [2.45, 2.75) is 40.0 Å². The zero-order chi connectivity index (χ0) is 26.4. The van der Waals surface area contributed by atoms with E-state index in [0.29, 0.717) is 48.8 Å². The number of carboxylic acid groups (broad SMARTS) is 1. The van der Waals surface area contributed by atoms with Crippen molar-refractivity contribution in [3.8, 4) is 5.75 Å². The molecule has 1 amide bonds. The van der Waals surface area contributed by atoms with Crippen LogP contribution in [0.4, 0.5) is 16.6 Å². The van der Waals surface area contributed by atoms with Crippen molar-refractivity contribution in [1.29, 1.82) is 0 Å². The third kappa shape index (κ3) is 6.00. The molecule has 0 saturated heterocycles. The molecule has 0 fully saturated rings. The van der Waals surface area contributed by atoms with Gasteiger partial charge in [-0.1, -0.05) is 30.3 Å². The molecule has 0 radical (unpaired) electrons. The average molecular weight is 507 g/mol. The Morgan fingerprint density at radius 1 is 1.14 bits per heavy atom. The second-order valence-corrected chi connectivity index (χ2v) is 8.39. The van der Waals surface area contributed by atoms with Gasteiger partial charge in [0.25, 0.3) is 0 Å². The molecular weight excluding hydrogens is 476 g/mol. The van der Waals surface area contributed by atoms with Gasteiger partial charge in [-0.25, -0.2) is 19.3 Å². The maximum Gasteiger partial charge on any atom is 0.407 e. The van der Waals surface area contributed by atoms with Crippen LogP contribution >= 0.6 is 0 Å². The highest BCUT2D eigenvalue weighted by Crippen LogP contribution is 2.32. The Labute approximate surface area is 214 Å². The summed E-state index contributed by atoms with van der Waals surface area (Å²) in [5.41, 5.74) is 2.98. The number of carboxylic acids is 1. The molecule has 0 aliphatic rings. The second kappa shape index (κ2) is 11.5. The zero-order valence-corrected chi connectivity index (χ0v) is 21.0. The number of aromatic carboxylic acids is 1. The lowest BCUT2D eigenvalue weighted by Crippen LogP contribution is -2.26. The number of hydrogen-bond donors (Lipinski definition) is 3. The molecule has 11 nitrogen and oxygen atoms in total. The predicted molar refractivity (Wildman–Crippen MR) is 138 cm³/mol. The Morgan fingerprint density at radius 2 is 1.92 bits per heavy atom. The Balaban J connectivity index is 1.53. The minimum atomic E-state index is -1.07. The molecule has 194 valence electrons. The number of ether oxygens (including phenoxy) is 2. The summed E-state index contributed by atoms with van der Waals surface area (Å²) in [6.07, 6.45) is 0.0694. The molecule has 0 aliphatic heterocycles. The minimum Gasteiger partial charge on any atom is -0.494 e. The van der Waals surface area contributed by atoms with E-state index in [0.717, 1.165) is 17.1 Å². The molecule has 0 bridgehead atoms. The molecule has 0 spiro atoms. The lowest BCUT2D eigenvalue weighted by atomic mass is 10.2. The van der Waals surface area contributed by atoms with Gasteiger partial charge in [0.2, 0.25) is 5.95 Å². The molecule has 2 aromatic heterocycles. The number of amides is 1. The van der Waals surface area contributed by atoms with Crippen LogP contribution in [0.25, 0.3) is 11.0 Å². The van der Waals surface area contributed by atoms with E-state index in [1.165, 1.54) is 19.2 Å². The number of aryl methyl sites for hydroxylation is 3. The fraction of sp³-hybridized carbons (Fsp3) is 0.308. The van der Waals surface area contributed by atoms with Gasteiger partial charge in [0.15, 0.2) is 0 Å². The van der Waals surface area contributed by atoms with Crippen LogP contribution in [0, 0.1) is 6.92 Å². The topological polar surface area (TPSA) is 133 Å². The van der Waals surface area contributed by atoms with E-state index in [-0.39, 0.29) is 12.2 Å². The van der Waals surface area contributed by atoms with Gasteiger partial charge in [0.1, 0.15) is 23.7 Å². The molecule has 2 heterocycles. The number of imidazole rings is 1. The molecular formula is C26H30N6O5. The van der Waals surface area contributed by atoms with Gasteiger partial charge >= 0.3 is 12.1 Å². The van der Waals surface area contributed by atoms with Crippen molar-refractivity contribution in [1.82, 2.24) is 24.6 Å². The fourth-order valence-corrected chi connectivity index (χ4v) is 4.03. The average Bonchev–Trinajstić information content (AvgIpc) is 3.44. The number of nitrogens with zero attached hydrogens (tertiary/aromatic N) is 4. The summed E-state index contributed by atoms with van der Waals surface area (Å²) in [7, 11) is 1.49. The van der Waals surface area contributed by atoms with Gasteiger partial charge in [-0.3, -0.25) is 0 Å². The van der Waals surface area contributed by atoms with Crippen molar-refractivity contribution in [3.63, 3.8) is 0 Å². The maximum absolute atomic E-state index is 12.1. The molecule has 0 atom stereocenters. The summed E-state index contributed by atoms with van der Waals surface area (Å²) in [6.45, 7) is 5.60. The molecule has 3 N–H and O–H groups in total. The van der Waals surface area contributed by atoms with Gasteiger partial charge in [-0.05, 0) is 38.0 Å². The first-order chi connectivity index (χ1) is 17.9. The number of hydrogen-bond acceptors (Lipinski definition) is 7. The first-order valence-electron chi connectivity index (χ1n) is 12.0. The van der Waals surface area contributed by atoms with E-state index in [1.54, 1.807) is 0 Å². The van der Waals surface area contributed by atoms with Gasteiger partial charge < -0.3 is 29.8 Å². The fourth-order valence-electron chi connectivity index (χ4n) is 4.03. The first-order valence-corrected chi connectivity index (χ1v) is 12.0. The number of aromatic nitrogens is 4. The quantitative estimate of drug-likeness (QED) is 0.256. The summed E-state index contributed by atoms with van der Waals surface area (Å²) >= 11 is 0. The number of methoxy groups -OCH3 is 1. The molecule has 0 saturated carbocycles. The maximum atomic E-state index is 12.1. The Hall–Kier alpha value is -4.54.